The van der Waals surface area contributed by atoms with Crippen molar-refractivity contribution in [3.05, 3.63) is 376 Å². The summed E-state index contributed by atoms with van der Waals surface area (Å²) < 4.78 is 14.8. The zero-order valence-electron chi connectivity index (χ0n) is 58.4. The molecule has 16 aromatic carbocycles. The minimum atomic E-state index is 0.656. The lowest BCUT2D eigenvalue weighted by molar-refractivity contribution is 1.14. The van der Waals surface area contributed by atoms with Crippen LogP contribution >= 0.6 is 0 Å². The van der Waals surface area contributed by atoms with Crippen molar-refractivity contribution >= 4 is 131 Å². The van der Waals surface area contributed by atoms with E-state index in [0.29, 0.717) is 5.82 Å². The second-order valence-electron chi connectivity index (χ2n) is 28.4. The molecule has 0 radical (unpaired) electrons. The van der Waals surface area contributed by atoms with Gasteiger partial charge in [-0.05, 0) is 140 Å². The number of hydrogen-bond donors (Lipinski definition) is 0. The summed E-state index contributed by atoms with van der Waals surface area (Å²) in [7, 11) is 0. The van der Waals surface area contributed by atoms with E-state index in [9.17, 15) is 0 Å². The Morgan fingerprint density at radius 2 is 0.426 bits per heavy atom. The molecule has 0 amide bonds. The Kier molecular flexibility index (Phi) is 13.0. The lowest BCUT2D eigenvalue weighted by Gasteiger charge is -2.20. The second kappa shape index (κ2) is 23.5. The quantitative estimate of drug-likeness (QED) is 0.137. The van der Waals surface area contributed by atoms with E-state index in [0.717, 1.165) is 139 Å². The van der Waals surface area contributed by atoms with Crippen LogP contribution in [0.5, 0.6) is 0 Å². The maximum absolute atomic E-state index is 5.54. The highest BCUT2D eigenvalue weighted by atomic mass is 15.0. The van der Waals surface area contributed by atoms with Gasteiger partial charge in [-0.15, -0.1) is 0 Å². The summed E-state index contributed by atoms with van der Waals surface area (Å²) in [6.45, 7) is 0. The summed E-state index contributed by atoms with van der Waals surface area (Å²) in [5.41, 5.74) is 26.7. The van der Waals surface area contributed by atoms with Gasteiger partial charge < -0.3 is 27.4 Å². The highest BCUT2D eigenvalue weighted by Gasteiger charge is 2.26. The molecule has 0 aliphatic carbocycles. The van der Waals surface area contributed by atoms with E-state index in [1.54, 1.807) is 0 Å². The normalized spacial score (nSPS) is 12.1. The molecule has 0 aliphatic rings. The molecule has 7 heterocycles. The summed E-state index contributed by atoms with van der Waals surface area (Å²) in [5.74, 6) is 0.656. The predicted molar refractivity (Wildman–Crippen MR) is 450 cm³/mol. The van der Waals surface area contributed by atoms with Gasteiger partial charge in [0.2, 0.25) is 0 Å². The average molecular weight is 1380 g/mol. The molecule has 0 saturated carbocycles. The second-order valence-corrected chi connectivity index (χ2v) is 28.4. The Balaban J connectivity index is 0.812. The van der Waals surface area contributed by atoms with Crippen LogP contribution in [0.25, 0.3) is 210 Å². The van der Waals surface area contributed by atoms with E-state index in [-0.39, 0.29) is 0 Å². The van der Waals surface area contributed by atoms with Crippen LogP contribution in [-0.4, -0.2) is 37.4 Å². The largest absolute Gasteiger partial charge is 0.309 e. The predicted octanol–water partition coefficient (Wildman–Crippen LogP) is 25.7. The SMILES string of the molecule is c1ccc(-c2cc(-c3ccc(-c4ccccc4-n4c5ccc(-n6c7ccccc7c7ccccc76)cc5c5cc(-n6c7ccccc7c7ccccc76)ccc54)c(-n4c5ccc(-n6c7ccccc7c7ccccc76)cc5c5cc(-n6c7ccccc7c7ccccc76)ccc54)c3)nc(-c3ccccc3)n2)cc1. The molecule has 7 aromatic heterocycles. The van der Waals surface area contributed by atoms with Gasteiger partial charge in [0, 0.05) is 115 Å². The van der Waals surface area contributed by atoms with Crippen molar-refractivity contribution < 1.29 is 0 Å². The molecular formula is C100H62N8. The van der Waals surface area contributed by atoms with E-state index < -0.39 is 0 Å². The van der Waals surface area contributed by atoms with E-state index in [2.05, 4.69) is 397 Å². The summed E-state index contributed by atoms with van der Waals surface area (Å²) in [5, 5.41) is 14.3. The third kappa shape index (κ3) is 8.92. The molecule has 0 saturated heterocycles. The number of rotatable bonds is 10. The average Bonchev–Trinajstić information content (AvgIpc) is 1.55. The molecule has 0 fully saturated rings. The van der Waals surface area contributed by atoms with Gasteiger partial charge in [0.1, 0.15) is 0 Å². The van der Waals surface area contributed by atoms with E-state index in [1.165, 1.54) is 65.2 Å². The molecule has 8 nitrogen and oxygen atoms in total. The molecule has 23 aromatic rings. The minimum absolute atomic E-state index is 0.656. The van der Waals surface area contributed by atoms with Crippen LogP contribution < -0.4 is 0 Å². The minimum Gasteiger partial charge on any atom is -0.309 e. The summed E-state index contributed by atoms with van der Waals surface area (Å²) in [4.78, 5) is 10.8. The number of nitrogens with zero attached hydrogens (tertiary/aromatic N) is 8. The van der Waals surface area contributed by atoms with Gasteiger partial charge >= 0.3 is 0 Å². The van der Waals surface area contributed by atoms with Crippen molar-refractivity contribution in [2.75, 3.05) is 0 Å². The zero-order valence-corrected chi connectivity index (χ0v) is 58.4. The maximum atomic E-state index is 5.54. The number of aromatic nitrogens is 8. The Morgan fingerprint density at radius 3 is 0.778 bits per heavy atom. The molecule has 0 N–H and O–H groups in total. The van der Waals surface area contributed by atoms with E-state index >= 15 is 0 Å². The van der Waals surface area contributed by atoms with Crippen LogP contribution in [0.3, 0.4) is 0 Å². The summed E-state index contributed by atoms with van der Waals surface area (Å²) in [6, 6.07) is 138. The molecule has 8 heteroatoms. The first-order chi connectivity index (χ1) is 53.6. The molecule has 0 spiro atoms. The topological polar surface area (TPSA) is 55.4 Å². The maximum Gasteiger partial charge on any atom is 0.160 e. The van der Waals surface area contributed by atoms with Crippen LogP contribution in [-0.2, 0) is 0 Å². The third-order valence-corrected chi connectivity index (χ3v) is 22.6. The van der Waals surface area contributed by atoms with Gasteiger partial charge in [-0.3, -0.25) is 0 Å². The van der Waals surface area contributed by atoms with Crippen molar-refractivity contribution in [2.24, 2.45) is 0 Å². The molecular weight excluding hydrogens is 1310 g/mol. The van der Waals surface area contributed by atoms with Crippen LogP contribution in [0.15, 0.2) is 376 Å². The lowest BCUT2D eigenvalue weighted by Crippen LogP contribution is -2.03. The molecule has 0 unspecified atom stereocenters. The van der Waals surface area contributed by atoms with Gasteiger partial charge in [-0.2, -0.15) is 0 Å². The number of benzene rings is 16. The fourth-order valence-corrected chi connectivity index (χ4v) is 17.9. The van der Waals surface area contributed by atoms with E-state index in [4.69, 9.17) is 9.97 Å². The van der Waals surface area contributed by atoms with E-state index in [1.807, 2.05) is 6.07 Å². The molecule has 0 aliphatic heterocycles. The fourth-order valence-electron chi connectivity index (χ4n) is 17.9. The molecule has 23 rings (SSSR count). The van der Waals surface area contributed by atoms with Crippen molar-refractivity contribution in [2.45, 2.75) is 0 Å². The monoisotopic (exact) mass is 1370 g/mol. The Hall–Kier alpha value is -14.6. The van der Waals surface area contributed by atoms with Gasteiger partial charge in [0.15, 0.2) is 5.82 Å². The molecule has 0 atom stereocenters. The van der Waals surface area contributed by atoms with Crippen molar-refractivity contribution in [1.29, 1.82) is 0 Å². The summed E-state index contributed by atoms with van der Waals surface area (Å²) in [6.07, 6.45) is 0. The molecule has 502 valence electrons. The smallest absolute Gasteiger partial charge is 0.160 e. The fraction of sp³-hybridized carbons (Fsp3) is 0. The van der Waals surface area contributed by atoms with Gasteiger partial charge in [0.05, 0.1) is 89.0 Å². The molecule has 108 heavy (non-hydrogen) atoms. The summed E-state index contributed by atoms with van der Waals surface area (Å²) >= 11 is 0. The molecule has 0 bridgehead atoms. The van der Waals surface area contributed by atoms with Crippen LogP contribution in [0.1, 0.15) is 0 Å². The standard InChI is InChI=1S/C100H62N8/c1-3-25-63(26-4-1)84-62-85(102-100(101-84)64-27-5-2-6-28-64)65-47-52-79(99(57-65)108-97-55-50-68(105-90-42-20-11-33-74(90)75-34-12-21-43-91(75)105)60-82(97)83-61-69(51-56-98(83)108)106-92-44-22-13-35-76(92)77-36-14-23-45-93(77)106)78-37-15-24-46-94(78)107-95-53-48-66(103-86-38-16-7-29-70(86)71-30-8-17-39-87(71)103)58-80(95)81-59-67(49-54-96(81)107)104-88-40-18-9-31-72(88)73-32-10-19-41-89(73)104/h1-62H. The number of fused-ring (bicyclic) bond motifs is 18. The first-order valence-corrected chi connectivity index (χ1v) is 37.0. The first kappa shape index (κ1) is 59.9. The van der Waals surface area contributed by atoms with Crippen molar-refractivity contribution in [3.8, 4) is 79.2 Å². The van der Waals surface area contributed by atoms with Crippen LogP contribution in [0, 0.1) is 0 Å². The Morgan fingerprint density at radius 1 is 0.157 bits per heavy atom. The van der Waals surface area contributed by atoms with Gasteiger partial charge in [-0.1, -0.05) is 237 Å². The highest BCUT2D eigenvalue weighted by molar-refractivity contribution is 6.17. The lowest BCUT2D eigenvalue weighted by atomic mass is 9.97. The van der Waals surface area contributed by atoms with Gasteiger partial charge in [-0.25, -0.2) is 9.97 Å². The highest BCUT2D eigenvalue weighted by Crippen LogP contribution is 2.47. The number of hydrogen-bond acceptors (Lipinski definition) is 2. The third-order valence-electron chi connectivity index (χ3n) is 22.6. The van der Waals surface area contributed by atoms with Crippen LogP contribution in [0.2, 0.25) is 0 Å². The van der Waals surface area contributed by atoms with Gasteiger partial charge in [0.25, 0.3) is 0 Å². The van der Waals surface area contributed by atoms with Crippen LogP contribution in [0.4, 0.5) is 0 Å². The zero-order chi connectivity index (χ0) is 70.7. The van der Waals surface area contributed by atoms with Crippen molar-refractivity contribution in [1.82, 2.24) is 37.4 Å². The first-order valence-electron chi connectivity index (χ1n) is 37.0. The Bertz CT molecular complexity index is 7070. The van der Waals surface area contributed by atoms with Crippen molar-refractivity contribution in [3.63, 3.8) is 0 Å². The Labute approximate surface area is 619 Å². The number of para-hydroxylation sites is 9.